The second kappa shape index (κ2) is 8.41. The molecule has 1 aliphatic heterocycles. The standard InChI is InChI=1S/C20H25ClN4O/c1-3-15-5-6-18(21)17(4-2)19(15)23-20(26)25-13-11-24(12-14-25)16-7-9-22-10-8-16/h5-10H,3-4,11-14H2,1-2H3,(H,23,26). The highest BCUT2D eigenvalue weighted by atomic mass is 35.5. The molecular formula is C20H25ClN4O. The van der Waals surface area contributed by atoms with Gasteiger partial charge in [-0.25, -0.2) is 4.79 Å². The summed E-state index contributed by atoms with van der Waals surface area (Å²) in [5, 5.41) is 3.83. The normalized spacial score (nSPS) is 14.4. The Balaban J connectivity index is 1.68. The van der Waals surface area contributed by atoms with Gasteiger partial charge in [-0.3, -0.25) is 4.98 Å². The van der Waals surface area contributed by atoms with Gasteiger partial charge in [0.1, 0.15) is 0 Å². The number of benzene rings is 1. The summed E-state index contributed by atoms with van der Waals surface area (Å²) < 4.78 is 0. The van der Waals surface area contributed by atoms with Gasteiger partial charge in [0, 0.05) is 49.3 Å². The Morgan fingerprint density at radius 3 is 2.38 bits per heavy atom. The third-order valence-corrected chi connectivity index (χ3v) is 5.26. The molecule has 2 amide bonds. The molecule has 1 aromatic carbocycles. The lowest BCUT2D eigenvalue weighted by Gasteiger charge is -2.36. The highest BCUT2D eigenvalue weighted by Gasteiger charge is 2.23. The fourth-order valence-electron chi connectivity index (χ4n) is 3.38. The number of halogens is 1. The van der Waals surface area contributed by atoms with E-state index in [-0.39, 0.29) is 6.03 Å². The molecule has 6 heteroatoms. The van der Waals surface area contributed by atoms with Crippen molar-refractivity contribution < 1.29 is 4.79 Å². The summed E-state index contributed by atoms with van der Waals surface area (Å²) in [7, 11) is 0. The van der Waals surface area contributed by atoms with Gasteiger partial charge in [-0.05, 0) is 42.2 Å². The predicted octanol–water partition coefficient (Wildman–Crippen LogP) is 4.21. The van der Waals surface area contributed by atoms with E-state index in [0.29, 0.717) is 18.1 Å². The van der Waals surface area contributed by atoms with Crippen LogP contribution in [0.1, 0.15) is 25.0 Å². The molecule has 0 saturated carbocycles. The molecule has 1 N–H and O–H groups in total. The van der Waals surface area contributed by atoms with Gasteiger partial charge in [0.25, 0.3) is 0 Å². The third kappa shape index (κ3) is 3.93. The van der Waals surface area contributed by atoms with Crippen molar-refractivity contribution in [1.82, 2.24) is 9.88 Å². The topological polar surface area (TPSA) is 48.5 Å². The van der Waals surface area contributed by atoms with Gasteiger partial charge < -0.3 is 15.1 Å². The van der Waals surface area contributed by atoms with E-state index in [9.17, 15) is 4.79 Å². The fraction of sp³-hybridized carbons (Fsp3) is 0.400. The van der Waals surface area contributed by atoms with Crippen molar-refractivity contribution in [2.24, 2.45) is 0 Å². The van der Waals surface area contributed by atoms with E-state index >= 15 is 0 Å². The van der Waals surface area contributed by atoms with E-state index in [1.807, 2.05) is 29.2 Å². The van der Waals surface area contributed by atoms with Gasteiger partial charge in [-0.1, -0.05) is 31.5 Å². The van der Waals surface area contributed by atoms with Crippen molar-refractivity contribution in [1.29, 1.82) is 0 Å². The molecule has 1 saturated heterocycles. The molecule has 5 nitrogen and oxygen atoms in total. The number of hydrogen-bond donors (Lipinski definition) is 1. The molecular weight excluding hydrogens is 348 g/mol. The van der Waals surface area contributed by atoms with E-state index < -0.39 is 0 Å². The number of rotatable bonds is 4. The number of piperazine rings is 1. The Hall–Kier alpha value is -2.27. The van der Waals surface area contributed by atoms with Crippen LogP contribution < -0.4 is 10.2 Å². The lowest BCUT2D eigenvalue weighted by Crippen LogP contribution is -2.50. The minimum Gasteiger partial charge on any atom is -0.368 e. The van der Waals surface area contributed by atoms with Crippen LogP contribution in [-0.2, 0) is 12.8 Å². The van der Waals surface area contributed by atoms with Crippen LogP contribution in [0.4, 0.5) is 16.2 Å². The van der Waals surface area contributed by atoms with E-state index in [1.165, 1.54) is 0 Å². The first-order valence-electron chi connectivity index (χ1n) is 9.15. The van der Waals surface area contributed by atoms with Crippen LogP contribution in [0.5, 0.6) is 0 Å². The van der Waals surface area contributed by atoms with Crippen LogP contribution in [0.15, 0.2) is 36.7 Å². The van der Waals surface area contributed by atoms with Crippen molar-refractivity contribution in [2.75, 3.05) is 36.4 Å². The van der Waals surface area contributed by atoms with Crippen LogP contribution in [0.25, 0.3) is 0 Å². The number of urea groups is 1. The maximum atomic E-state index is 12.8. The number of amides is 2. The van der Waals surface area contributed by atoms with Crippen LogP contribution in [0, 0.1) is 0 Å². The molecule has 3 rings (SSSR count). The van der Waals surface area contributed by atoms with Crippen molar-refractivity contribution in [3.8, 4) is 0 Å². The van der Waals surface area contributed by atoms with Gasteiger partial charge in [0.2, 0.25) is 0 Å². The maximum absolute atomic E-state index is 12.8. The Morgan fingerprint density at radius 2 is 1.77 bits per heavy atom. The molecule has 0 atom stereocenters. The Labute approximate surface area is 160 Å². The summed E-state index contributed by atoms with van der Waals surface area (Å²) in [6.07, 6.45) is 5.24. The second-order valence-corrected chi connectivity index (χ2v) is 6.78. The number of hydrogen-bond acceptors (Lipinski definition) is 3. The smallest absolute Gasteiger partial charge is 0.321 e. The molecule has 2 aromatic rings. The first-order chi connectivity index (χ1) is 12.6. The zero-order chi connectivity index (χ0) is 18.5. The van der Waals surface area contributed by atoms with Gasteiger partial charge in [0.15, 0.2) is 0 Å². The molecule has 26 heavy (non-hydrogen) atoms. The predicted molar refractivity (Wildman–Crippen MR) is 107 cm³/mol. The number of nitrogens with zero attached hydrogens (tertiary/aromatic N) is 3. The van der Waals surface area contributed by atoms with Gasteiger partial charge in [-0.2, -0.15) is 0 Å². The molecule has 0 spiro atoms. The number of carbonyl (C=O) groups is 1. The third-order valence-electron chi connectivity index (χ3n) is 4.90. The highest BCUT2D eigenvalue weighted by molar-refractivity contribution is 6.32. The minimum absolute atomic E-state index is 0.0500. The van der Waals surface area contributed by atoms with Gasteiger partial charge >= 0.3 is 6.03 Å². The van der Waals surface area contributed by atoms with E-state index in [4.69, 9.17) is 11.6 Å². The fourth-order valence-corrected chi connectivity index (χ4v) is 3.67. The summed E-state index contributed by atoms with van der Waals surface area (Å²) >= 11 is 6.34. The SMILES string of the molecule is CCc1ccc(Cl)c(CC)c1NC(=O)N1CCN(c2ccncc2)CC1. The number of pyridine rings is 1. The number of carbonyl (C=O) groups excluding carboxylic acids is 1. The summed E-state index contributed by atoms with van der Waals surface area (Å²) in [4.78, 5) is 21.0. The first-order valence-corrected chi connectivity index (χ1v) is 9.53. The first kappa shape index (κ1) is 18.5. The van der Waals surface area contributed by atoms with Crippen LogP contribution in [-0.4, -0.2) is 42.1 Å². The molecule has 0 aliphatic carbocycles. The van der Waals surface area contributed by atoms with Crippen molar-refractivity contribution in [3.05, 3.63) is 52.8 Å². The lowest BCUT2D eigenvalue weighted by atomic mass is 10.0. The zero-order valence-corrected chi connectivity index (χ0v) is 16.1. The van der Waals surface area contributed by atoms with Crippen molar-refractivity contribution in [2.45, 2.75) is 26.7 Å². The average molecular weight is 373 g/mol. The Morgan fingerprint density at radius 1 is 1.08 bits per heavy atom. The van der Waals surface area contributed by atoms with Crippen molar-refractivity contribution in [3.63, 3.8) is 0 Å². The molecule has 0 unspecified atom stereocenters. The monoisotopic (exact) mass is 372 g/mol. The summed E-state index contributed by atoms with van der Waals surface area (Å²) in [6, 6.07) is 7.87. The molecule has 0 bridgehead atoms. The largest absolute Gasteiger partial charge is 0.368 e. The number of nitrogens with one attached hydrogen (secondary N) is 1. The van der Waals surface area contributed by atoms with Gasteiger partial charge in [0.05, 0.1) is 5.69 Å². The Kier molecular flexibility index (Phi) is 5.99. The highest BCUT2D eigenvalue weighted by Crippen LogP contribution is 2.30. The molecule has 1 aliphatic rings. The maximum Gasteiger partial charge on any atom is 0.321 e. The van der Waals surface area contributed by atoms with Crippen LogP contribution in [0.3, 0.4) is 0 Å². The minimum atomic E-state index is -0.0500. The van der Waals surface area contributed by atoms with E-state index in [1.54, 1.807) is 12.4 Å². The molecule has 138 valence electrons. The average Bonchev–Trinajstić information content (AvgIpc) is 2.69. The molecule has 0 radical (unpaired) electrons. The second-order valence-electron chi connectivity index (χ2n) is 6.38. The quantitative estimate of drug-likeness (QED) is 0.874. The summed E-state index contributed by atoms with van der Waals surface area (Å²) in [5.41, 5.74) is 4.16. The lowest BCUT2D eigenvalue weighted by molar-refractivity contribution is 0.208. The molecule has 1 fully saturated rings. The summed E-state index contributed by atoms with van der Waals surface area (Å²) in [5.74, 6) is 0. The number of anilines is 2. The van der Waals surface area contributed by atoms with Gasteiger partial charge in [-0.15, -0.1) is 0 Å². The van der Waals surface area contributed by atoms with Crippen molar-refractivity contribution >= 4 is 29.0 Å². The number of aryl methyl sites for hydroxylation is 1. The van der Waals surface area contributed by atoms with E-state index in [2.05, 4.69) is 29.0 Å². The molecule has 2 heterocycles. The zero-order valence-electron chi connectivity index (χ0n) is 15.3. The van der Waals surface area contributed by atoms with E-state index in [0.717, 1.165) is 48.4 Å². The van der Waals surface area contributed by atoms with Crippen LogP contribution >= 0.6 is 11.6 Å². The Bertz CT molecular complexity index is 758. The van der Waals surface area contributed by atoms with Crippen LogP contribution in [0.2, 0.25) is 5.02 Å². The molecule has 1 aromatic heterocycles. The number of aromatic nitrogens is 1. The summed E-state index contributed by atoms with van der Waals surface area (Å²) in [6.45, 7) is 7.16.